The third-order valence-electron chi connectivity index (χ3n) is 10.9. The first-order chi connectivity index (χ1) is 15.0. The summed E-state index contributed by atoms with van der Waals surface area (Å²) in [5, 5.41) is 0.0170. The zero-order chi connectivity index (χ0) is 24.5. The number of rotatable bonds is 2. The van der Waals surface area contributed by atoms with Crippen molar-refractivity contribution in [2.24, 2.45) is 40.4 Å². The van der Waals surface area contributed by atoms with E-state index in [1.54, 1.807) is 0 Å². The number of carbonyl (C=O) groups is 2. The third-order valence-corrected chi connectivity index (χ3v) is 15.3. The van der Waals surface area contributed by atoms with Crippen LogP contribution in [0.15, 0.2) is 11.6 Å². The quantitative estimate of drug-likeness (QED) is 0.273. The molecule has 5 aliphatic rings. The Bertz CT molecular complexity index is 945. The maximum absolute atomic E-state index is 14.9. The van der Waals surface area contributed by atoms with E-state index < -0.39 is 31.6 Å². The van der Waals surface area contributed by atoms with E-state index in [0.29, 0.717) is 18.3 Å². The monoisotopic (exact) mass is 474 g/mol. The molecule has 0 N–H and O–H groups in total. The van der Waals surface area contributed by atoms with Crippen LogP contribution in [0.5, 0.6) is 0 Å². The zero-order valence-corrected chi connectivity index (χ0v) is 23.1. The van der Waals surface area contributed by atoms with Gasteiger partial charge in [-0.2, -0.15) is 0 Å². The average Bonchev–Trinajstić information content (AvgIpc) is 2.95. The lowest BCUT2D eigenvalue weighted by molar-refractivity contribution is -0.148. The van der Waals surface area contributed by atoms with Crippen LogP contribution in [0, 0.1) is 40.4 Å². The van der Waals surface area contributed by atoms with E-state index in [4.69, 9.17) is 13.9 Å². The first-order valence-electron chi connectivity index (χ1n) is 12.8. The molecular formula is C27H42O5Si. The van der Waals surface area contributed by atoms with Gasteiger partial charge in [0.1, 0.15) is 0 Å². The Morgan fingerprint density at radius 1 is 1.15 bits per heavy atom. The molecule has 2 bridgehead atoms. The molecule has 1 aliphatic heterocycles. The smallest absolute Gasteiger partial charge is 0.426 e. The average molecular weight is 475 g/mol. The molecule has 0 aromatic rings. The summed E-state index contributed by atoms with van der Waals surface area (Å²) >= 11 is 0. The predicted octanol–water partition coefficient (Wildman–Crippen LogP) is 6.13. The van der Waals surface area contributed by atoms with Crippen molar-refractivity contribution < 1.29 is 23.5 Å². The van der Waals surface area contributed by atoms with Gasteiger partial charge in [-0.25, -0.2) is 4.79 Å². The van der Waals surface area contributed by atoms with Gasteiger partial charge in [-0.1, -0.05) is 60.1 Å². The van der Waals surface area contributed by atoms with Gasteiger partial charge >= 0.3 is 6.16 Å². The second-order valence-corrected chi connectivity index (χ2v) is 18.8. The first-order valence-corrected chi connectivity index (χ1v) is 15.7. The van der Waals surface area contributed by atoms with E-state index >= 15 is 0 Å². The second-order valence-electron chi connectivity index (χ2n) is 14.0. The van der Waals surface area contributed by atoms with E-state index in [9.17, 15) is 9.59 Å². The number of ether oxygens (including phenoxy) is 2. The Morgan fingerprint density at radius 3 is 2.39 bits per heavy atom. The van der Waals surface area contributed by atoms with Crippen LogP contribution in [0.1, 0.15) is 68.2 Å². The van der Waals surface area contributed by atoms with Crippen molar-refractivity contribution in [2.75, 3.05) is 0 Å². The van der Waals surface area contributed by atoms with Crippen molar-refractivity contribution in [2.45, 2.75) is 104 Å². The Balaban J connectivity index is 1.73. The molecule has 5 nitrogen and oxygen atoms in total. The van der Waals surface area contributed by atoms with Gasteiger partial charge in [0.15, 0.2) is 25.8 Å². The number of hydrogen-bond acceptors (Lipinski definition) is 5. The fourth-order valence-corrected chi connectivity index (χ4v) is 9.52. The van der Waals surface area contributed by atoms with Crippen LogP contribution in [0.2, 0.25) is 18.1 Å². The maximum Gasteiger partial charge on any atom is 0.509 e. The zero-order valence-electron chi connectivity index (χ0n) is 22.1. The highest BCUT2D eigenvalue weighted by Gasteiger charge is 2.80. The van der Waals surface area contributed by atoms with Gasteiger partial charge in [0.05, 0.1) is 11.5 Å². The molecule has 0 radical (unpaired) electrons. The van der Waals surface area contributed by atoms with E-state index in [1.165, 1.54) is 0 Å². The van der Waals surface area contributed by atoms with Gasteiger partial charge in [-0.05, 0) is 54.6 Å². The molecule has 9 atom stereocenters. The summed E-state index contributed by atoms with van der Waals surface area (Å²) in [6, 6.07) is 0. The Kier molecular flexibility index (Phi) is 4.67. The molecule has 1 heterocycles. The highest BCUT2D eigenvalue weighted by Crippen LogP contribution is 2.74. The van der Waals surface area contributed by atoms with Gasteiger partial charge in [-0.15, -0.1) is 0 Å². The van der Waals surface area contributed by atoms with Crippen molar-refractivity contribution in [3.63, 3.8) is 0 Å². The lowest BCUT2D eigenvalue weighted by Gasteiger charge is -2.45. The van der Waals surface area contributed by atoms with E-state index in [-0.39, 0.29) is 40.1 Å². The summed E-state index contributed by atoms with van der Waals surface area (Å²) in [4.78, 5) is 27.6. The van der Waals surface area contributed by atoms with Gasteiger partial charge < -0.3 is 13.9 Å². The minimum absolute atomic E-state index is 0.0170. The van der Waals surface area contributed by atoms with Crippen LogP contribution in [0.4, 0.5) is 4.79 Å². The molecule has 33 heavy (non-hydrogen) atoms. The van der Waals surface area contributed by atoms with E-state index in [1.807, 2.05) is 0 Å². The Labute approximate surface area is 200 Å². The highest BCUT2D eigenvalue weighted by atomic mass is 28.4. The van der Waals surface area contributed by atoms with Gasteiger partial charge in [-0.3, -0.25) is 4.79 Å². The largest absolute Gasteiger partial charge is 0.509 e. The fraction of sp³-hybridized carbons (Fsp3) is 0.852. The third kappa shape index (κ3) is 2.74. The fourth-order valence-electron chi connectivity index (χ4n) is 8.13. The first kappa shape index (κ1) is 23.6. The summed E-state index contributed by atoms with van der Waals surface area (Å²) in [6.45, 7) is 22.3. The van der Waals surface area contributed by atoms with Crippen molar-refractivity contribution >= 4 is 20.3 Å². The molecule has 3 saturated carbocycles. The number of Topliss-reactive ketones (excluding diaryl/α,β-unsaturated/α-hetero) is 1. The van der Waals surface area contributed by atoms with Gasteiger partial charge in [0, 0.05) is 18.3 Å². The van der Waals surface area contributed by atoms with Crippen molar-refractivity contribution in [1.29, 1.82) is 0 Å². The van der Waals surface area contributed by atoms with E-state index in [0.717, 1.165) is 12.0 Å². The molecule has 4 aliphatic carbocycles. The molecule has 0 aromatic heterocycles. The van der Waals surface area contributed by atoms with Crippen LogP contribution in [-0.4, -0.2) is 38.1 Å². The predicted molar refractivity (Wildman–Crippen MR) is 129 cm³/mol. The molecular weight excluding hydrogens is 432 g/mol. The Hall–Kier alpha value is -1.14. The summed E-state index contributed by atoms with van der Waals surface area (Å²) in [5.74, 6) is 0.775. The van der Waals surface area contributed by atoms with Crippen LogP contribution >= 0.6 is 0 Å². The molecule has 5 rings (SSSR count). The van der Waals surface area contributed by atoms with E-state index in [2.05, 4.69) is 74.6 Å². The minimum Gasteiger partial charge on any atom is -0.426 e. The highest BCUT2D eigenvalue weighted by molar-refractivity contribution is 6.74. The number of fused-ring (bicyclic) bond motifs is 3. The molecule has 1 unspecified atom stereocenters. The standard InChI is InChI=1S/C27H42O5Si/c1-14-12-26-15(2)11-17-19(25(17,7)8)18(21(26)28)20(32-33(9,10)24(4,5)6)16(3)22-27(26,13-14)31-23(29)30-22/h12,15-20,22H,11,13H2,1-10H3/t15-,16+,17-,18-,19-,20-,22-,26?,27-/m1/s1. The van der Waals surface area contributed by atoms with Crippen molar-refractivity contribution in [3.8, 4) is 0 Å². The van der Waals surface area contributed by atoms with Gasteiger partial charge in [0.25, 0.3) is 0 Å². The number of ketones is 1. The maximum atomic E-state index is 14.9. The van der Waals surface area contributed by atoms with Crippen molar-refractivity contribution in [1.82, 2.24) is 0 Å². The Morgan fingerprint density at radius 2 is 1.79 bits per heavy atom. The van der Waals surface area contributed by atoms with Crippen LogP contribution in [0.3, 0.4) is 0 Å². The molecule has 1 saturated heterocycles. The molecule has 0 amide bonds. The minimum atomic E-state index is -2.20. The molecule has 184 valence electrons. The van der Waals surface area contributed by atoms with Crippen LogP contribution in [0.25, 0.3) is 0 Å². The van der Waals surface area contributed by atoms with Crippen molar-refractivity contribution in [3.05, 3.63) is 11.6 Å². The SMILES string of the molecule is CC1=CC23C(=O)[C@@H]([C@H](O[Si](C)(C)C(C)(C)C)[C@H](C)[C@H]4OC(=O)O[C@]42C1)[C@H]1[C@@H](C[C@H]3C)C1(C)C. The molecule has 6 heteroatoms. The van der Waals surface area contributed by atoms with Crippen LogP contribution < -0.4 is 0 Å². The lowest BCUT2D eigenvalue weighted by atomic mass is 9.59. The molecule has 0 aromatic carbocycles. The summed E-state index contributed by atoms with van der Waals surface area (Å²) in [6.07, 6.45) is 2.32. The second kappa shape index (κ2) is 6.54. The summed E-state index contributed by atoms with van der Waals surface area (Å²) in [7, 11) is -2.20. The van der Waals surface area contributed by atoms with Gasteiger partial charge in [0.2, 0.25) is 0 Å². The van der Waals surface area contributed by atoms with Crippen LogP contribution in [-0.2, 0) is 18.7 Å². The molecule has 2 spiro atoms. The summed E-state index contributed by atoms with van der Waals surface area (Å²) < 4.78 is 19.3. The summed E-state index contributed by atoms with van der Waals surface area (Å²) in [5.41, 5.74) is -0.536. The molecule has 4 fully saturated rings. The normalized spacial score (nSPS) is 47.9. The topological polar surface area (TPSA) is 61.8 Å². The number of carbonyl (C=O) groups excluding carboxylic acids is 2. The number of hydrogen-bond donors (Lipinski definition) is 0. The lowest BCUT2D eigenvalue weighted by Crippen LogP contribution is -2.59.